The van der Waals surface area contributed by atoms with Crippen LogP contribution in [0, 0.1) is 0 Å². The normalized spacial score (nSPS) is 19.7. The van der Waals surface area contributed by atoms with Gasteiger partial charge in [0.2, 0.25) is 5.95 Å². The van der Waals surface area contributed by atoms with Crippen molar-refractivity contribution in [2.75, 3.05) is 4.90 Å². The summed E-state index contributed by atoms with van der Waals surface area (Å²) in [5, 5.41) is 0.531. The molecule has 0 amide bonds. The third-order valence-corrected chi connectivity index (χ3v) is 6.46. The van der Waals surface area contributed by atoms with Crippen LogP contribution in [0.1, 0.15) is 63.7 Å². The summed E-state index contributed by atoms with van der Waals surface area (Å²) in [4.78, 5) is 22.4. The van der Waals surface area contributed by atoms with E-state index in [1.54, 1.807) is 18.3 Å². The highest BCUT2D eigenvalue weighted by molar-refractivity contribution is 6.31. The molecule has 0 bridgehead atoms. The van der Waals surface area contributed by atoms with Crippen molar-refractivity contribution in [1.82, 2.24) is 24.9 Å². The molecule has 1 saturated carbocycles. The first-order chi connectivity index (χ1) is 14.1. The largest absolute Gasteiger partial charge is 0.351 e. The monoisotopic (exact) mass is 432 g/mol. The first-order valence-corrected chi connectivity index (χ1v) is 10.6. The van der Waals surface area contributed by atoms with Crippen molar-refractivity contribution in [2.24, 2.45) is 0 Å². The maximum atomic E-state index is 14.7. The van der Waals surface area contributed by atoms with E-state index in [-0.39, 0.29) is 11.4 Å². The smallest absolute Gasteiger partial charge is 0.321 e. The molecule has 1 N–H and O–H groups in total. The predicted octanol–water partition coefficient (Wildman–Crippen LogP) is 5.02. The van der Waals surface area contributed by atoms with Gasteiger partial charge < -0.3 is 4.98 Å². The summed E-state index contributed by atoms with van der Waals surface area (Å²) in [7, 11) is 0. The maximum absolute atomic E-state index is 14.7. The lowest BCUT2D eigenvalue weighted by Crippen LogP contribution is -2.17. The molecule has 2 fully saturated rings. The van der Waals surface area contributed by atoms with Crippen LogP contribution in [0.2, 0.25) is 5.02 Å². The van der Waals surface area contributed by atoms with Gasteiger partial charge in [-0.2, -0.15) is 13.8 Å². The molecule has 4 heterocycles. The third kappa shape index (κ3) is 2.80. The molecule has 1 spiro atoms. The van der Waals surface area contributed by atoms with E-state index in [1.807, 2.05) is 20.8 Å². The minimum atomic E-state index is -2.89. The molecular weight excluding hydrogens is 410 g/mol. The number of nitrogens with zero attached hydrogens (tertiary/aromatic N) is 5. The second-order valence-electron chi connectivity index (χ2n) is 9.23. The van der Waals surface area contributed by atoms with Gasteiger partial charge in [-0.05, 0) is 25.0 Å². The predicted molar refractivity (Wildman–Crippen MR) is 111 cm³/mol. The Labute approximate surface area is 178 Å². The highest BCUT2D eigenvalue weighted by atomic mass is 35.5. The standard InChI is InChI=1S/C21H23ClF2N6/c1-19(2,3)17-26-14(11-13-12(22)7-6-10-25-13)15-16(28-17)29-18(27-15)30-20(21(30,23)24)8-4-5-9-20/h6-7,10H,4-5,8-9,11H2,1-3H3,(H,26,27,28,29). The second kappa shape index (κ2) is 6.33. The van der Waals surface area contributed by atoms with Crippen LogP contribution in [0.5, 0.6) is 0 Å². The summed E-state index contributed by atoms with van der Waals surface area (Å²) >= 11 is 6.30. The van der Waals surface area contributed by atoms with Gasteiger partial charge in [0, 0.05) is 18.0 Å². The Hall–Kier alpha value is -2.35. The summed E-state index contributed by atoms with van der Waals surface area (Å²) in [6, 6.07) is 0.646. The fourth-order valence-corrected chi connectivity index (χ4v) is 4.61. The van der Waals surface area contributed by atoms with Gasteiger partial charge in [0.15, 0.2) is 5.65 Å². The molecule has 158 valence electrons. The number of hydrogen-bond donors (Lipinski definition) is 1. The van der Waals surface area contributed by atoms with E-state index < -0.39 is 11.6 Å². The summed E-state index contributed by atoms with van der Waals surface area (Å²) in [5.74, 6) is 0.758. The van der Waals surface area contributed by atoms with E-state index >= 15 is 0 Å². The zero-order valence-electron chi connectivity index (χ0n) is 17.1. The van der Waals surface area contributed by atoms with Gasteiger partial charge in [-0.3, -0.25) is 9.88 Å². The minimum Gasteiger partial charge on any atom is -0.321 e. The van der Waals surface area contributed by atoms with Crippen LogP contribution >= 0.6 is 11.6 Å². The first-order valence-electron chi connectivity index (χ1n) is 10.2. The molecule has 0 aromatic carbocycles. The number of aromatic amines is 1. The van der Waals surface area contributed by atoms with Gasteiger partial charge in [-0.25, -0.2) is 9.97 Å². The SMILES string of the molecule is CC(C)(C)c1nc(Cc2ncccc2Cl)c2[nH]c(N3C(F)(F)C34CCCC4)nc2n1. The van der Waals surface area contributed by atoms with Gasteiger partial charge in [-0.1, -0.05) is 45.2 Å². The van der Waals surface area contributed by atoms with Crippen molar-refractivity contribution in [2.45, 2.75) is 69.9 Å². The van der Waals surface area contributed by atoms with Gasteiger partial charge in [0.1, 0.15) is 16.9 Å². The molecule has 1 aliphatic carbocycles. The number of nitrogens with one attached hydrogen (secondary N) is 1. The van der Waals surface area contributed by atoms with E-state index in [1.165, 1.54) is 0 Å². The molecule has 0 unspecified atom stereocenters. The Morgan fingerprint density at radius 1 is 1.13 bits per heavy atom. The molecule has 2 aliphatic rings. The molecule has 1 saturated heterocycles. The highest BCUT2D eigenvalue weighted by Crippen LogP contribution is 2.63. The van der Waals surface area contributed by atoms with Gasteiger partial charge >= 0.3 is 6.05 Å². The Kier molecular flexibility index (Phi) is 4.13. The fraction of sp³-hybridized carbons (Fsp3) is 0.524. The summed E-state index contributed by atoms with van der Waals surface area (Å²) in [5.41, 5.74) is 0.825. The van der Waals surface area contributed by atoms with Crippen LogP contribution in [0.15, 0.2) is 18.3 Å². The summed E-state index contributed by atoms with van der Waals surface area (Å²) < 4.78 is 29.5. The molecule has 0 atom stereocenters. The zero-order valence-corrected chi connectivity index (χ0v) is 17.9. The molecular formula is C21H23ClF2N6. The Bertz CT molecular complexity index is 1130. The van der Waals surface area contributed by atoms with Crippen molar-refractivity contribution in [3.63, 3.8) is 0 Å². The number of alkyl halides is 2. The molecule has 0 radical (unpaired) electrons. The first kappa shape index (κ1) is 19.6. The zero-order chi connectivity index (χ0) is 21.3. The Morgan fingerprint density at radius 3 is 2.53 bits per heavy atom. The van der Waals surface area contributed by atoms with E-state index in [4.69, 9.17) is 16.6 Å². The molecule has 3 aromatic heterocycles. The highest BCUT2D eigenvalue weighted by Gasteiger charge is 2.80. The van der Waals surface area contributed by atoms with Gasteiger partial charge in [-0.15, -0.1) is 0 Å². The molecule has 9 heteroatoms. The molecule has 3 aromatic rings. The van der Waals surface area contributed by atoms with Crippen LogP contribution in [0.3, 0.4) is 0 Å². The van der Waals surface area contributed by atoms with E-state index in [0.717, 1.165) is 17.7 Å². The number of anilines is 1. The number of fused-ring (bicyclic) bond motifs is 1. The van der Waals surface area contributed by atoms with Crippen molar-refractivity contribution in [3.8, 4) is 0 Å². The topological polar surface area (TPSA) is 70.4 Å². The fourth-order valence-electron chi connectivity index (χ4n) is 4.43. The molecule has 5 rings (SSSR count). The van der Waals surface area contributed by atoms with Crippen LogP contribution in [-0.4, -0.2) is 36.5 Å². The van der Waals surface area contributed by atoms with Crippen molar-refractivity contribution in [1.29, 1.82) is 0 Å². The van der Waals surface area contributed by atoms with Crippen LogP contribution in [-0.2, 0) is 11.8 Å². The van der Waals surface area contributed by atoms with E-state index in [2.05, 4.69) is 19.9 Å². The summed E-state index contributed by atoms with van der Waals surface area (Å²) in [6.07, 6.45) is 4.60. The van der Waals surface area contributed by atoms with Crippen LogP contribution in [0.4, 0.5) is 14.7 Å². The van der Waals surface area contributed by atoms with E-state index in [0.29, 0.717) is 52.7 Å². The van der Waals surface area contributed by atoms with Crippen molar-refractivity contribution >= 4 is 28.7 Å². The molecule has 30 heavy (non-hydrogen) atoms. The number of rotatable bonds is 3. The van der Waals surface area contributed by atoms with Gasteiger partial charge in [0.05, 0.1) is 16.4 Å². The lowest BCUT2D eigenvalue weighted by molar-refractivity contribution is 0.0898. The lowest BCUT2D eigenvalue weighted by atomic mass is 9.95. The minimum absolute atomic E-state index is 0.158. The number of hydrogen-bond acceptors (Lipinski definition) is 5. The average molecular weight is 433 g/mol. The number of aromatic nitrogens is 5. The van der Waals surface area contributed by atoms with Crippen molar-refractivity contribution in [3.05, 3.63) is 40.6 Å². The number of imidazole rings is 1. The number of H-pyrrole nitrogens is 1. The quantitative estimate of drug-likeness (QED) is 0.465. The lowest BCUT2D eigenvalue weighted by Gasteiger charge is -2.17. The molecule has 6 nitrogen and oxygen atoms in total. The van der Waals surface area contributed by atoms with Crippen molar-refractivity contribution < 1.29 is 8.78 Å². The summed E-state index contributed by atoms with van der Waals surface area (Å²) in [6.45, 7) is 6.02. The Morgan fingerprint density at radius 2 is 1.87 bits per heavy atom. The van der Waals surface area contributed by atoms with E-state index in [9.17, 15) is 8.78 Å². The Balaban J connectivity index is 1.63. The maximum Gasteiger partial charge on any atom is 0.351 e. The second-order valence-corrected chi connectivity index (χ2v) is 9.63. The van der Waals surface area contributed by atoms with Crippen LogP contribution < -0.4 is 4.90 Å². The average Bonchev–Trinajstić information content (AvgIpc) is 3.11. The van der Waals surface area contributed by atoms with Gasteiger partial charge in [0.25, 0.3) is 0 Å². The third-order valence-electron chi connectivity index (χ3n) is 6.12. The number of pyridine rings is 1. The number of halogens is 3. The van der Waals surface area contributed by atoms with Crippen LogP contribution in [0.25, 0.3) is 11.2 Å². The molecule has 1 aliphatic heterocycles.